The van der Waals surface area contributed by atoms with Gasteiger partial charge in [-0.1, -0.05) is 13.8 Å². The lowest BCUT2D eigenvalue weighted by atomic mass is 9.69. The van der Waals surface area contributed by atoms with Gasteiger partial charge in [0.05, 0.1) is 5.71 Å². The minimum Gasteiger partial charge on any atom is -0.481 e. The molecular formula is C10H16N2O2. The van der Waals surface area contributed by atoms with Crippen molar-refractivity contribution in [2.24, 2.45) is 27.7 Å². The van der Waals surface area contributed by atoms with Crippen LogP contribution in [0.25, 0.3) is 0 Å². The van der Waals surface area contributed by atoms with E-state index in [1.807, 2.05) is 13.8 Å². The van der Waals surface area contributed by atoms with Crippen molar-refractivity contribution in [1.29, 1.82) is 0 Å². The van der Waals surface area contributed by atoms with Crippen LogP contribution >= 0.6 is 0 Å². The Labute approximate surface area is 83.2 Å². The molecule has 0 radical (unpaired) electrons. The van der Waals surface area contributed by atoms with Gasteiger partial charge >= 0.3 is 5.97 Å². The van der Waals surface area contributed by atoms with E-state index in [0.29, 0.717) is 18.1 Å². The second kappa shape index (κ2) is 2.49. The van der Waals surface area contributed by atoms with Crippen LogP contribution in [0.15, 0.2) is 5.10 Å². The Morgan fingerprint density at radius 1 is 1.64 bits per heavy atom. The number of hydrogen-bond acceptors (Lipinski definition) is 3. The minimum atomic E-state index is -0.785. The molecule has 0 aromatic heterocycles. The molecule has 4 nitrogen and oxygen atoms in total. The largest absolute Gasteiger partial charge is 0.481 e. The molecule has 0 saturated heterocycles. The van der Waals surface area contributed by atoms with Gasteiger partial charge < -0.3 is 10.9 Å². The zero-order valence-electron chi connectivity index (χ0n) is 8.58. The zero-order valence-corrected chi connectivity index (χ0v) is 8.58. The van der Waals surface area contributed by atoms with E-state index in [4.69, 9.17) is 5.84 Å². The first-order valence-electron chi connectivity index (χ1n) is 4.97. The molecule has 78 valence electrons. The summed E-state index contributed by atoms with van der Waals surface area (Å²) in [6, 6.07) is 0. The van der Waals surface area contributed by atoms with E-state index in [2.05, 4.69) is 5.10 Å². The average Bonchev–Trinajstić information content (AvgIpc) is 2.51. The van der Waals surface area contributed by atoms with Crippen LogP contribution in [-0.2, 0) is 4.79 Å². The van der Waals surface area contributed by atoms with Gasteiger partial charge in [-0.05, 0) is 30.6 Å². The van der Waals surface area contributed by atoms with Crippen molar-refractivity contribution < 1.29 is 9.90 Å². The molecule has 4 heteroatoms. The highest BCUT2D eigenvalue weighted by atomic mass is 16.4. The number of carboxylic acid groups (broad SMARTS) is 1. The lowest BCUT2D eigenvalue weighted by molar-refractivity contribution is -0.148. The summed E-state index contributed by atoms with van der Waals surface area (Å²) in [4.78, 5) is 11.4. The highest BCUT2D eigenvalue weighted by Gasteiger charge is 2.67. The third-order valence-corrected chi connectivity index (χ3v) is 4.44. The first kappa shape index (κ1) is 9.49. The van der Waals surface area contributed by atoms with E-state index in [1.165, 1.54) is 0 Å². The van der Waals surface area contributed by atoms with Crippen LogP contribution < -0.4 is 5.84 Å². The van der Waals surface area contributed by atoms with Crippen LogP contribution in [0.5, 0.6) is 0 Å². The van der Waals surface area contributed by atoms with Crippen molar-refractivity contribution in [2.75, 3.05) is 0 Å². The zero-order chi connectivity index (χ0) is 10.6. The lowest BCUT2D eigenvalue weighted by Gasteiger charge is -2.33. The van der Waals surface area contributed by atoms with Crippen LogP contribution in [0.1, 0.15) is 33.1 Å². The molecule has 2 aliphatic carbocycles. The van der Waals surface area contributed by atoms with Gasteiger partial charge in [0.25, 0.3) is 0 Å². The number of carbonyl (C=O) groups is 1. The molecule has 2 atom stereocenters. The van der Waals surface area contributed by atoms with Crippen molar-refractivity contribution in [3.8, 4) is 0 Å². The molecule has 2 aliphatic rings. The van der Waals surface area contributed by atoms with Gasteiger partial charge in [0, 0.05) is 0 Å². The summed E-state index contributed by atoms with van der Waals surface area (Å²) in [6.45, 7) is 4.05. The quantitative estimate of drug-likeness (QED) is 0.489. The van der Waals surface area contributed by atoms with Crippen LogP contribution in [-0.4, -0.2) is 16.8 Å². The number of carboxylic acids is 1. The molecule has 0 amide bonds. The van der Waals surface area contributed by atoms with Gasteiger partial charge in [-0.3, -0.25) is 4.79 Å². The SMILES string of the molecule is CC1(C)[C@H]2CC[C@]1(C(=O)O)/C(=N\N)C2. The van der Waals surface area contributed by atoms with Crippen molar-refractivity contribution in [3.05, 3.63) is 0 Å². The molecule has 0 unspecified atom stereocenters. The van der Waals surface area contributed by atoms with E-state index >= 15 is 0 Å². The highest BCUT2D eigenvalue weighted by molar-refractivity contribution is 6.09. The molecule has 3 N–H and O–H groups in total. The van der Waals surface area contributed by atoms with E-state index < -0.39 is 11.4 Å². The fourth-order valence-electron chi connectivity index (χ4n) is 3.37. The number of rotatable bonds is 1. The van der Waals surface area contributed by atoms with E-state index in [9.17, 15) is 9.90 Å². The summed E-state index contributed by atoms with van der Waals surface area (Å²) in [6.07, 6.45) is 2.43. The summed E-state index contributed by atoms with van der Waals surface area (Å²) < 4.78 is 0. The Kier molecular flexibility index (Phi) is 1.69. The van der Waals surface area contributed by atoms with Crippen molar-refractivity contribution in [3.63, 3.8) is 0 Å². The van der Waals surface area contributed by atoms with Crippen LogP contribution in [0, 0.1) is 16.7 Å². The summed E-state index contributed by atoms with van der Waals surface area (Å²) in [5.74, 6) is 4.96. The number of hydrazone groups is 1. The Morgan fingerprint density at radius 3 is 2.64 bits per heavy atom. The normalized spacial score (nSPS) is 41.9. The number of nitrogens with two attached hydrogens (primary N) is 1. The molecule has 2 fully saturated rings. The Bertz CT molecular complexity index is 322. The molecule has 2 bridgehead atoms. The maximum atomic E-state index is 11.4. The van der Waals surface area contributed by atoms with Gasteiger partial charge in [-0.25, -0.2) is 0 Å². The fraction of sp³-hybridized carbons (Fsp3) is 0.800. The van der Waals surface area contributed by atoms with Gasteiger partial charge in [-0.2, -0.15) is 5.10 Å². The smallest absolute Gasteiger partial charge is 0.316 e. The molecule has 0 heterocycles. The van der Waals surface area contributed by atoms with Crippen molar-refractivity contribution in [1.82, 2.24) is 0 Å². The van der Waals surface area contributed by atoms with E-state index in [0.717, 1.165) is 12.8 Å². The average molecular weight is 196 g/mol. The second-order valence-corrected chi connectivity index (χ2v) is 4.95. The number of aliphatic carboxylic acids is 1. The topological polar surface area (TPSA) is 75.7 Å². The highest BCUT2D eigenvalue weighted by Crippen LogP contribution is 2.64. The Balaban J connectivity index is 2.57. The number of fused-ring (bicyclic) bond motifs is 2. The minimum absolute atomic E-state index is 0.197. The first-order valence-corrected chi connectivity index (χ1v) is 4.97. The van der Waals surface area contributed by atoms with Gasteiger partial charge in [-0.15, -0.1) is 0 Å². The van der Waals surface area contributed by atoms with Crippen molar-refractivity contribution >= 4 is 11.7 Å². The van der Waals surface area contributed by atoms with Crippen LogP contribution in [0.4, 0.5) is 0 Å². The van der Waals surface area contributed by atoms with Gasteiger partial charge in [0.2, 0.25) is 0 Å². The van der Waals surface area contributed by atoms with E-state index in [1.54, 1.807) is 0 Å². The van der Waals surface area contributed by atoms with Gasteiger partial charge in [0.1, 0.15) is 5.41 Å². The molecule has 0 aromatic carbocycles. The monoisotopic (exact) mass is 196 g/mol. The number of nitrogens with zero attached hydrogens (tertiary/aromatic N) is 1. The van der Waals surface area contributed by atoms with E-state index in [-0.39, 0.29) is 5.41 Å². The summed E-state index contributed by atoms with van der Waals surface area (Å²) in [5.41, 5.74) is -0.296. The summed E-state index contributed by atoms with van der Waals surface area (Å²) in [5, 5.41) is 13.1. The third kappa shape index (κ3) is 0.751. The first-order chi connectivity index (χ1) is 6.46. The predicted molar refractivity (Wildman–Crippen MR) is 52.8 cm³/mol. The van der Waals surface area contributed by atoms with Gasteiger partial charge in [0.15, 0.2) is 0 Å². The van der Waals surface area contributed by atoms with Crippen LogP contribution in [0.2, 0.25) is 0 Å². The molecule has 14 heavy (non-hydrogen) atoms. The van der Waals surface area contributed by atoms with Crippen molar-refractivity contribution in [2.45, 2.75) is 33.1 Å². The molecule has 2 rings (SSSR count). The Hall–Kier alpha value is -1.06. The Morgan fingerprint density at radius 2 is 2.29 bits per heavy atom. The standard InChI is InChI=1S/C10H16N2O2/c1-9(2)6-3-4-10(9,8(13)14)7(5-6)12-11/h6H,3-5,11H2,1-2H3,(H,13,14)/b12-7-/t6-,10+/m0/s1. The third-order valence-electron chi connectivity index (χ3n) is 4.44. The predicted octanol–water partition coefficient (Wildman–Crippen LogP) is 1.21. The molecular weight excluding hydrogens is 180 g/mol. The fourth-order valence-corrected chi connectivity index (χ4v) is 3.37. The second-order valence-electron chi connectivity index (χ2n) is 4.95. The summed E-state index contributed by atoms with van der Waals surface area (Å²) >= 11 is 0. The molecule has 0 aliphatic heterocycles. The molecule has 0 aromatic rings. The number of hydrogen-bond donors (Lipinski definition) is 2. The maximum Gasteiger partial charge on any atom is 0.316 e. The molecule has 0 spiro atoms. The lowest BCUT2D eigenvalue weighted by Crippen LogP contribution is -2.43. The maximum absolute atomic E-state index is 11.4. The van der Waals surface area contributed by atoms with Crippen LogP contribution in [0.3, 0.4) is 0 Å². The summed E-state index contributed by atoms with van der Waals surface area (Å²) in [7, 11) is 0. The molecule has 2 saturated carbocycles.